The molecule has 1 saturated heterocycles. The molecular weight excluding hydrogens is 284 g/mol. The molecule has 2 heterocycles. The number of aromatic amines is 1. The number of piperazine rings is 1. The zero-order valence-electron chi connectivity index (χ0n) is 12.2. The Bertz CT molecular complexity index is 791. The standard InChI is InChI=1S/C15H16N4O3/c1-10(20)18-6-8-19(9-7-18)15(22)13-16-12-5-3-2-4-11(12)14(21)17-13/h2-5H,6-9H2,1H3,(H,16,17,21). The maximum atomic E-state index is 12.5. The lowest BCUT2D eigenvalue weighted by Gasteiger charge is -2.33. The van der Waals surface area contributed by atoms with Crippen LogP contribution in [0.25, 0.3) is 10.9 Å². The van der Waals surface area contributed by atoms with Gasteiger partial charge in [-0.15, -0.1) is 0 Å². The zero-order chi connectivity index (χ0) is 15.7. The van der Waals surface area contributed by atoms with Gasteiger partial charge in [-0.3, -0.25) is 14.4 Å². The van der Waals surface area contributed by atoms with Crippen molar-refractivity contribution >= 4 is 22.7 Å². The van der Waals surface area contributed by atoms with Crippen LogP contribution in [0.15, 0.2) is 29.1 Å². The topological polar surface area (TPSA) is 86.4 Å². The molecule has 1 aliphatic heterocycles. The number of hydrogen-bond acceptors (Lipinski definition) is 4. The Hall–Kier alpha value is -2.70. The Kier molecular flexibility index (Phi) is 3.62. The number of nitrogens with zero attached hydrogens (tertiary/aromatic N) is 3. The van der Waals surface area contributed by atoms with E-state index in [0.29, 0.717) is 37.1 Å². The van der Waals surface area contributed by atoms with Gasteiger partial charge in [0.25, 0.3) is 11.5 Å². The molecule has 7 nitrogen and oxygen atoms in total. The first-order chi connectivity index (χ1) is 10.6. The molecule has 1 fully saturated rings. The second-order valence-corrected chi connectivity index (χ2v) is 5.23. The SMILES string of the molecule is CC(=O)N1CCN(C(=O)c2nc3ccccc3c(=O)[nH]2)CC1. The molecule has 1 N–H and O–H groups in total. The largest absolute Gasteiger partial charge is 0.339 e. The molecule has 0 radical (unpaired) electrons. The van der Waals surface area contributed by atoms with Crippen LogP contribution in [0, 0.1) is 0 Å². The second-order valence-electron chi connectivity index (χ2n) is 5.23. The highest BCUT2D eigenvalue weighted by Gasteiger charge is 2.24. The molecule has 1 aliphatic rings. The lowest BCUT2D eigenvalue weighted by atomic mass is 10.2. The van der Waals surface area contributed by atoms with Crippen LogP contribution in [0.4, 0.5) is 0 Å². The molecule has 0 unspecified atom stereocenters. The van der Waals surface area contributed by atoms with Gasteiger partial charge in [-0.05, 0) is 12.1 Å². The first-order valence-corrected chi connectivity index (χ1v) is 7.10. The van der Waals surface area contributed by atoms with Crippen LogP contribution in [0.5, 0.6) is 0 Å². The molecule has 0 spiro atoms. The van der Waals surface area contributed by atoms with E-state index >= 15 is 0 Å². The Morgan fingerprint density at radius 1 is 1.09 bits per heavy atom. The maximum Gasteiger partial charge on any atom is 0.289 e. The van der Waals surface area contributed by atoms with E-state index in [1.165, 1.54) is 6.92 Å². The zero-order valence-corrected chi connectivity index (χ0v) is 12.2. The molecule has 3 rings (SSSR count). The third kappa shape index (κ3) is 2.57. The van der Waals surface area contributed by atoms with Crippen molar-refractivity contribution in [3.8, 4) is 0 Å². The predicted molar refractivity (Wildman–Crippen MR) is 80.5 cm³/mol. The van der Waals surface area contributed by atoms with Gasteiger partial charge in [0.05, 0.1) is 10.9 Å². The van der Waals surface area contributed by atoms with E-state index in [4.69, 9.17) is 0 Å². The monoisotopic (exact) mass is 300 g/mol. The van der Waals surface area contributed by atoms with Gasteiger partial charge < -0.3 is 14.8 Å². The van der Waals surface area contributed by atoms with E-state index in [0.717, 1.165) is 0 Å². The third-order valence-electron chi connectivity index (χ3n) is 3.83. The van der Waals surface area contributed by atoms with E-state index in [-0.39, 0.29) is 23.2 Å². The molecule has 2 aromatic rings. The number of rotatable bonds is 1. The van der Waals surface area contributed by atoms with Crippen molar-refractivity contribution < 1.29 is 9.59 Å². The molecule has 0 saturated carbocycles. The minimum atomic E-state index is -0.323. The molecule has 1 aromatic heterocycles. The van der Waals surface area contributed by atoms with Crippen molar-refractivity contribution in [3.63, 3.8) is 0 Å². The van der Waals surface area contributed by atoms with E-state index in [2.05, 4.69) is 9.97 Å². The summed E-state index contributed by atoms with van der Waals surface area (Å²) in [5, 5.41) is 0.459. The second kappa shape index (κ2) is 5.59. The number of para-hydroxylation sites is 1. The average Bonchev–Trinajstić information content (AvgIpc) is 2.54. The van der Waals surface area contributed by atoms with Gasteiger partial charge >= 0.3 is 0 Å². The molecule has 22 heavy (non-hydrogen) atoms. The highest BCUT2D eigenvalue weighted by molar-refractivity contribution is 5.92. The van der Waals surface area contributed by atoms with Crippen LogP contribution in [0.1, 0.15) is 17.5 Å². The van der Waals surface area contributed by atoms with Crippen molar-refractivity contribution in [1.82, 2.24) is 19.8 Å². The van der Waals surface area contributed by atoms with Crippen LogP contribution in [0.3, 0.4) is 0 Å². The van der Waals surface area contributed by atoms with Crippen LogP contribution in [-0.2, 0) is 4.79 Å². The number of fused-ring (bicyclic) bond motifs is 1. The van der Waals surface area contributed by atoms with Gasteiger partial charge in [0.15, 0.2) is 5.82 Å². The van der Waals surface area contributed by atoms with Crippen molar-refractivity contribution in [3.05, 3.63) is 40.4 Å². The Labute approximate surface area is 126 Å². The first kappa shape index (κ1) is 14.2. The van der Waals surface area contributed by atoms with Crippen LogP contribution >= 0.6 is 0 Å². The summed E-state index contributed by atoms with van der Waals surface area (Å²) in [7, 11) is 0. The number of benzene rings is 1. The molecule has 7 heteroatoms. The number of carbonyl (C=O) groups is 2. The molecule has 0 aliphatic carbocycles. The van der Waals surface area contributed by atoms with Gasteiger partial charge in [-0.1, -0.05) is 12.1 Å². The summed E-state index contributed by atoms with van der Waals surface area (Å²) in [6, 6.07) is 6.90. The van der Waals surface area contributed by atoms with Gasteiger partial charge in [0.2, 0.25) is 5.91 Å². The molecular formula is C15H16N4O3. The average molecular weight is 300 g/mol. The highest BCUT2D eigenvalue weighted by Crippen LogP contribution is 2.09. The van der Waals surface area contributed by atoms with Crippen molar-refractivity contribution in [1.29, 1.82) is 0 Å². The Balaban J connectivity index is 1.84. The number of hydrogen-bond donors (Lipinski definition) is 1. The van der Waals surface area contributed by atoms with E-state index in [1.54, 1.807) is 34.1 Å². The molecule has 2 amide bonds. The fourth-order valence-electron chi connectivity index (χ4n) is 2.56. The van der Waals surface area contributed by atoms with Gasteiger partial charge in [-0.25, -0.2) is 4.98 Å². The van der Waals surface area contributed by atoms with Crippen molar-refractivity contribution in [2.45, 2.75) is 6.92 Å². The minimum Gasteiger partial charge on any atom is -0.339 e. The number of aromatic nitrogens is 2. The van der Waals surface area contributed by atoms with E-state index in [9.17, 15) is 14.4 Å². The summed E-state index contributed by atoms with van der Waals surface area (Å²) >= 11 is 0. The molecule has 0 bridgehead atoms. The number of H-pyrrole nitrogens is 1. The summed E-state index contributed by atoms with van der Waals surface area (Å²) in [5.74, 6) is -0.268. The summed E-state index contributed by atoms with van der Waals surface area (Å²) in [4.78, 5) is 45.8. The summed E-state index contributed by atoms with van der Waals surface area (Å²) in [5.41, 5.74) is 0.174. The molecule has 1 aromatic carbocycles. The summed E-state index contributed by atoms with van der Waals surface area (Å²) in [6.45, 7) is 3.39. The lowest BCUT2D eigenvalue weighted by Crippen LogP contribution is -2.50. The maximum absolute atomic E-state index is 12.5. The normalized spacial score (nSPS) is 15.1. The Morgan fingerprint density at radius 2 is 1.73 bits per heavy atom. The third-order valence-corrected chi connectivity index (χ3v) is 3.83. The fourth-order valence-corrected chi connectivity index (χ4v) is 2.56. The summed E-state index contributed by atoms with van der Waals surface area (Å²) in [6.07, 6.45) is 0. The highest BCUT2D eigenvalue weighted by atomic mass is 16.2. The van der Waals surface area contributed by atoms with Crippen LogP contribution < -0.4 is 5.56 Å². The van der Waals surface area contributed by atoms with E-state index < -0.39 is 0 Å². The van der Waals surface area contributed by atoms with Gasteiger partial charge in [0.1, 0.15) is 0 Å². The van der Waals surface area contributed by atoms with Crippen LogP contribution in [0.2, 0.25) is 0 Å². The van der Waals surface area contributed by atoms with E-state index in [1.807, 2.05) is 0 Å². The van der Waals surface area contributed by atoms with Crippen LogP contribution in [-0.4, -0.2) is 57.8 Å². The molecule has 114 valence electrons. The summed E-state index contributed by atoms with van der Waals surface area (Å²) < 4.78 is 0. The van der Waals surface area contributed by atoms with Gasteiger partial charge in [-0.2, -0.15) is 0 Å². The Morgan fingerprint density at radius 3 is 2.41 bits per heavy atom. The van der Waals surface area contributed by atoms with Crippen molar-refractivity contribution in [2.75, 3.05) is 26.2 Å². The minimum absolute atomic E-state index is 0.00401. The lowest BCUT2D eigenvalue weighted by molar-refractivity contribution is -0.130. The number of nitrogens with one attached hydrogen (secondary N) is 1. The first-order valence-electron chi connectivity index (χ1n) is 7.10. The number of carbonyl (C=O) groups excluding carboxylic acids is 2. The molecule has 0 atom stereocenters. The van der Waals surface area contributed by atoms with Gasteiger partial charge in [0, 0.05) is 33.1 Å². The quantitative estimate of drug-likeness (QED) is 0.816. The van der Waals surface area contributed by atoms with Crippen molar-refractivity contribution in [2.24, 2.45) is 0 Å². The number of amides is 2. The smallest absolute Gasteiger partial charge is 0.289 e. The predicted octanol–water partition coefficient (Wildman–Crippen LogP) is 0.227. The fraction of sp³-hybridized carbons (Fsp3) is 0.333.